The Balaban J connectivity index is 1.05. The summed E-state index contributed by atoms with van der Waals surface area (Å²) in [6.07, 6.45) is 3.59. The number of nitrogens with zero attached hydrogens (tertiary/aromatic N) is 4. The fraction of sp³-hybridized carbons (Fsp3) is 0.275. The average Bonchev–Trinajstić information content (AvgIpc) is 3.18. The van der Waals surface area contributed by atoms with E-state index in [1.54, 1.807) is 12.4 Å². The molecule has 9 heteroatoms. The SMILES string of the molecule is O=C(NCc1ccccc1-c1ccc([C@H]2O[C@@H](CN3CCN(c4ncccn4)CC3)C[C@@H](c3ccc(CO)cc3)O2)cc1)c1ccccc1. The molecule has 2 N–H and O–H groups in total. The largest absolute Gasteiger partial charge is 0.392 e. The highest BCUT2D eigenvalue weighted by Crippen LogP contribution is 2.39. The summed E-state index contributed by atoms with van der Waals surface area (Å²) in [7, 11) is 0. The fourth-order valence-electron chi connectivity index (χ4n) is 6.55. The van der Waals surface area contributed by atoms with Gasteiger partial charge in [0.05, 0.1) is 18.8 Å². The lowest BCUT2D eigenvalue weighted by Crippen LogP contribution is -2.50. The lowest BCUT2D eigenvalue weighted by Gasteiger charge is -2.40. The van der Waals surface area contributed by atoms with Crippen molar-refractivity contribution in [2.45, 2.75) is 38.1 Å². The summed E-state index contributed by atoms with van der Waals surface area (Å²) in [6, 6.07) is 35.6. The Morgan fingerprint density at radius 2 is 1.47 bits per heavy atom. The van der Waals surface area contributed by atoms with E-state index >= 15 is 0 Å². The number of piperazine rings is 1. The van der Waals surface area contributed by atoms with Crippen LogP contribution in [0.5, 0.6) is 0 Å². The van der Waals surface area contributed by atoms with Gasteiger partial charge in [-0.2, -0.15) is 0 Å². The molecule has 9 nitrogen and oxygen atoms in total. The Morgan fingerprint density at radius 1 is 0.776 bits per heavy atom. The average molecular weight is 656 g/mol. The molecule has 7 rings (SSSR count). The third-order valence-electron chi connectivity index (χ3n) is 9.27. The monoisotopic (exact) mass is 655 g/mol. The Hall–Kier alpha value is -4.93. The molecule has 0 unspecified atom stereocenters. The summed E-state index contributed by atoms with van der Waals surface area (Å²) in [5.41, 5.74) is 6.69. The standard InChI is InChI=1S/C40H41N5O4/c46-28-29-11-13-31(14-12-29)37-25-35(27-44-21-23-45(24-22-44)40-41-19-6-20-42-40)48-39(49-37)33-17-15-30(16-18-33)36-10-5-4-9-34(36)26-43-38(47)32-7-2-1-3-8-32/h1-20,35,37,39,46H,21-28H2,(H,43,47)/t35-,37+,39+/m1/s1. The van der Waals surface area contributed by atoms with Crippen LogP contribution < -0.4 is 10.2 Å². The normalized spacial score (nSPS) is 19.8. The quantitative estimate of drug-likeness (QED) is 0.191. The van der Waals surface area contributed by atoms with Gasteiger partial charge < -0.3 is 24.8 Å². The Labute approximate surface area is 287 Å². The third-order valence-corrected chi connectivity index (χ3v) is 9.27. The summed E-state index contributed by atoms with van der Waals surface area (Å²) in [6.45, 7) is 4.76. The number of carbonyl (C=O) groups is 1. The summed E-state index contributed by atoms with van der Waals surface area (Å²) in [5, 5.41) is 12.6. The van der Waals surface area contributed by atoms with Crippen molar-refractivity contribution >= 4 is 11.9 Å². The molecule has 2 fully saturated rings. The topological polar surface area (TPSA) is 100 Å². The van der Waals surface area contributed by atoms with Gasteiger partial charge in [-0.1, -0.05) is 91.0 Å². The van der Waals surface area contributed by atoms with Crippen LogP contribution in [0.4, 0.5) is 5.95 Å². The van der Waals surface area contributed by atoms with Crippen LogP contribution in [0, 0.1) is 0 Å². The zero-order valence-corrected chi connectivity index (χ0v) is 27.4. The van der Waals surface area contributed by atoms with Crippen molar-refractivity contribution < 1.29 is 19.4 Å². The van der Waals surface area contributed by atoms with E-state index in [0.717, 1.165) is 78.5 Å². The smallest absolute Gasteiger partial charge is 0.251 e. The zero-order chi connectivity index (χ0) is 33.4. The van der Waals surface area contributed by atoms with Gasteiger partial charge in [0.15, 0.2) is 6.29 Å². The van der Waals surface area contributed by atoms with Crippen LogP contribution in [0.15, 0.2) is 122 Å². The van der Waals surface area contributed by atoms with E-state index in [-0.39, 0.29) is 24.7 Å². The first-order chi connectivity index (χ1) is 24.1. The number of aliphatic hydroxyl groups excluding tert-OH is 1. The van der Waals surface area contributed by atoms with Gasteiger partial charge in [-0.05, 0) is 46.0 Å². The lowest BCUT2D eigenvalue weighted by atomic mass is 9.97. The second kappa shape index (κ2) is 15.5. The van der Waals surface area contributed by atoms with Gasteiger partial charge >= 0.3 is 0 Å². The fourth-order valence-corrected chi connectivity index (χ4v) is 6.55. The number of benzene rings is 4. The van der Waals surface area contributed by atoms with Crippen LogP contribution in [0.2, 0.25) is 0 Å². The first kappa shape index (κ1) is 32.6. The Kier molecular flexibility index (Phi) is 10.3. The predicted molar refractivity (Wildman–Crippen MR) is 189 cm³/mol. The van der Waals surface area contributed by atoms with Crippen LogP contribution in [-0.2, 0) is 22.6 Å². The number of ether oxygens (including phenoxy) is 2. The lowest BCUT2D eigenvalue weighted by molar-refractivity contribution is -0.253. The molecular formula is C40H41N5O4. The Morgan fingerprint density at radius 3 is 2.20 bits per heavy atom. The summed E-state index contributed by atoms with van der Waals surface area (Å²) in [5.74, 6) is 0.679. The third kappa shape index (κ3) is 8.04. The van der Waals surface area contributed by atoms with Gasteiger partial charge in [0.2, 0.25) is 5.95 Å². The molecule has 2 saturated heterocycles. The van der Waals surface area contributed by atoms with Crippen molar-refractivity contribution in [3.05, 3.63) is 149 Å². The van der Waals surface area contributed by atoms with Crippen LogP contribution in [0.3, 0.4) is 0 Å². The highest BCUT2D eigenvalue weighted by Gasteiger charge is 2.34. The van der Waals surface area contributed by atoms with Crippen molar-refractivity contribution in [1.29, 1.82) is 0 Å². The van der Waals surface area contributed by atoms with Crippen LogP contribution in [0.25, 0.3) is 11.1 Å². The summed E-state index contributed by atoms with van der Waals surface area (Å²) < 4.78 is 13.3. The van der Waals surface area contributed by atoms with Crippen molar-refractivity contribution in [3.8, 4) is 11.1 Å². The molecule has 2 aliphatic heterocycles. The maximum atomic E-state index is 12.7. The van der Waals surface area contributed by atoms with Gasteiger partial charge in [0.25, 0.3) is 5.91 Å². The molecule has 5 aromatic rings. The van der Waals surface area contributed by atoms with Crippen molar-refractivity contribution in [2.75, 3.05) is 37.6 Å². The molecule has 0 aliphatic carbocycles. The van der Waals surface area contributed by atoms with E-state index in [4.69, 9.17) is 9.47 Å². The minimum Gasteiger partial charge on any atom is -0.392 e. The second-order valence-corrected chi connectivity index (χ2v) is 12.5. The van der Waals surface area contributed by atoms with E-state index in [2.05, 4.69) is 55.4 Å². The molecule has 250 valence electrons. The molecular weight excluding hydrogens is 614 g/mol. The van der Waals surface area contributed by atoms with Gasteiger partial charge in [0.1, 0.15) is 0 Å². The van der Waals surface area contributed by atoms with Crippen molar-refractivity contribution in [1.82, 2.24) is 20.2 Å². The molecule has 3 atom stereocenters. The number of hydrogen-bond donors (Lipinski definition) is 2. The molecule has 0 saturated carbocycles. The number of aliphatic hydroxyl groups is 1. The maximum absolute atomic E-state index is 12.7. The van der Waals surface area contributed by atoms with E-state index in [1.165, 1.54) is 0 Å². The first-order valence-corrected chi connectivity index (χ1v) is 16.9. The minimum absolute atomic E-state index is 0.00897. The van der Waals surface area contributed by atoms with Gasteiger partial charge in [-0.3, -0.25) is 9.69 Å². The first-order valence-electron chi connectivity index (χ1n) is 16.9. The number of nitrogens with one attached hydrogen (secondary N) is 1. The number of aromatic nitrogens is 2. The number of rotatable bonds is 10. The molecule has 0 spiro atoms. The maximum Gasteiger partial charge on any atom is 0.251 e. The highest BCUT2D eigenvalue weighted by molar-refractivity contribution is 5.94. The molecule has 1 amide bonds. The van der Waals surface area contributed by atoms with Crippen LogP contribution >= 0.6 is 0 Å². The predicted octanol–water partition coefficient (Wildman–Crippen LogP) is 5.93. The minimum atomic E-state index is -0.533. The van der Waals surface area contributed by atoms with Crippen LogP contribution in [-0.4, -0.2) is 64.7 Å². The molecule has 49 heavy (non-hydrogen) atoms. The summed E-state index contributed by atoms with van der Waals surface area (Å²) in [4.78, 5) is 26.2. The Bertz CT molecular complexity index is 1800. The van der Waals surface area contributed by atoms with Crippen molar-refractivity contribution in [2.24, 2.45) is 0 Å². The number of amides is 1. The molecule has 4 aromatic carbocycles. The molecule has 0 bridgehead atoms. The number of anilines is 1. The van der Waals surface area contributed by atoms with E-state index in [0.29, 0.717) is 12.1 Å². The highest BCUT2D eigenvalue weighted by atomic mass is 16.7. The second-order valence-electron chi connectivity index (χ2n) is 12.5. The van der Waals surface area contributed by atoms with Crippen LogP contribution in [0.1, 0.15) is 51.4 Å². The van der Waals surface area contributed by atoms with Gasteiger partial charge in [0, 0.05) is 69.2 Å². The zero-order valence-electron chi connectivity index (χ0n) is 27.4. The van der Waals surface area contributed by atoms with E-state index in [9.17, 15) is 9.90 Å². The van der Waals surface area contributed by atoms with E-state index < -0.39 is 6.29 Å². The molecule has 2 aliphatic rings. The van der Waals surface area contributed by atoms with Gasteiger partial charge in [-0.25, -0.2) is 9.97 Å². The molecule has 1 aromatic heterocycles. The van der Waals surface area contributed by atoms with Gasteiger partial charge in [-0.15, -0.1) is 0 Å². The van der Waals surface area contributed by atoms with Crippen molar-refractivity contribution in [3.63, 3.8) is 0 Å². The number of carbonyl (C=O) groups excluding carboxylic acids is 1. The molecule has 0 radical (unpaired) electrons. The van der Waals surface area contributed by atoms with E-state index in [1.807, 2.05) is 78.9 Å². The number of hydrogen-bond acceptors (Lipinski definition) is 8. The molecule has 3 heterocycles. The summed E-state index contributed by atoms with van der Waals surface area (Å²) >= 11 is 0.